The second-order valence-electron chi connectivity index (χ2n) is 4.71. The molecule has 1 heterocycles. The van der Waals surface area contributed by atoms with Crippen LogP contribution in [0.25, 0.3) is 0 Å². The van der Waals surface area contributed by atoms with Gasteiger partial charge in [-0.3, -0.25) is 15.0 Å². The molecule has 22 heavy (non-hydrogen) atoms. The molecule has 1 saturated heterocycles. The van der Waals surface area contributed by atoms with Crippen LogP contribution in [0.1, 0.15) is 0 Å². The molecule has 0 atom stereocenters. The standard InChI is InChI=1S/C14H18N2O6/c17-14(21-10-7-15-5-8-20-9-6-15)11-22-13-3-1-12(2-4-13)16(18)19/h1-4H,5-11H2. The highest BCUT2D eigenvalue weighted by Gasteiger charge is 2.11. The molecule has 1 fully saturated rings. The van der Waals surface area contributed by atoms with E-state index in [4.69, 9.17) is 14.2 Å². The molecule has 1 aliphatic rings. The van der Waals surface area contributed by atoms with E-state index >= 15 is 0 Å². The number of nitro benzene ring substituents is 1. The summed E-state index contributed by atoms with van der Waals surface area (Å²) in [6.45, 7) is 3.86. The lowest BCUT2D eigenvalue weighted by molar-refractivity contribution is -0.384. The summed E-state index contributed by atoms with van der Waals surface area (Å²) < 4.78 is 15.5. The quantitative estimate of drug-likeness (QED) is 0.419. The largest absolute Gasteiger partial charge is 0.482 e. The Labute approximate surface area is 127 Å². The van der Waals surface area contributed by atoms with E-state index in [0.29, 0.717) is 32.1 Å². The van der Waals surface area contributed by atoms with Gasteiger partial charge in [-0.2, -0.15) is 0 Å². The second kappa shape index (κ2) is 8.30. The summed E-state index contributed by atoms with van der Waals surface area (Å²) in [7, 11) is 0. The molecule has 0 bridgehead atoms. The number of non-ortho nitro benzene ring substituents is 1. The van der Waals surface area contributed by atoms with Crippen molar-refractivity contribution < 1.29 is 23.9 Å². The lowest BCUT2D eigenvalue weighted by Crippen LogP contribution is -2.38. The Bertz CT molecular complexity index is 499. The first-order valence-corrected chi connectivity index (χ1v) is 6.98. The molecule has 8 heteroatoms. The van der Waals surface area contributed by atoms with E-state index in [-0.39, 0.29) is 12.3 Å². The molecule has 0 N–H and O–H groups in total. The topological polar surface area (TPSA) is 91.1 Å². The van der Waals surface area contributed by atoms with Gasteiger partial charge in [0.1, 0.15) is 12.4 Å². The van der Waals surface area contributed by atoms with Crippen LogP contribution in [0.4, 0.5) is 5.69 Å². The normalized spacial score (nSPS) is 15.3. The molecule has 0 spiro atoms. The second-order valence-corrected chi connectivity index (χ2v) is 4.71. The van der Waals surface area contributed by atoms with Crippen LogP contribution >= 0.6 is 0 Å². The Hall–Kier alpha value is -2.19. The van der Waals surface area contributed by atoms with Crippen LogP contribution in [0.2, 0.25) is 0 Å². The lowest BCUT2D eigenvalue weighted by Gasteiger charge is -2.26. The van der Waals surface area contributed by atoms with E-state index in [1.165, 1.54) is 24.3 Å². The summed E-state index contributed by atoms with van der Waals surface area (Å²) in [5, 5.41) is 10.5. The predicted molar refractivity (Wildman–Crippen MR) is 76.8 cm³/mol. The molecule has 0 aliphatic carbocycles. The van der Waals surface area contributed by atoms with Gasteiger partial charge in [0.05, 0.1) is 18.1 Å². The van der Waals surface area contributed by atoms with Crippen molar-refractivity contribution in [1.29, 1.82) is 0 Å². The highest BCUT2D eigenvalue weighted by atomic mass is 16.6. The molecular formula is C14H18N2O6. The maximum atomic E-state index is 11.5. The Balaban J connectivity index is 1.63. The summed E-state index contributed by atoms with van der Waals surface area (Å²) in [4.78, 5) is 23.7. The molecular weight excluding hydrogens is 292 g/mol. The molecule has 120 valence electrons. The van der Waals surface area contributed by atoms with Crippen LogP contribution in [0.3, 0.4) is 0 Å². The van der Waals surface area contributed by atoms with Crippen LogP contribution < -0.4 is 4.74 Å². The zero-order chi connectivity index (χ0) is 15.8. The third kappa shape index (κ3) is 5.30. The molecule has 2 rings (SSSR count). The first kappa shape index (κ1) is 16.2. The van der Waals surface area contributed by atoms with Gasteiger partial charge >= 0.3 is 5.97 Å². The Kier molecular flexibility index (Phi) is 6.11. The minimum Gasteiger partial charge on any atom is -0.482 e. The number of hydrogen-bond donors (Lipinski definition) is 0. The number of rotatable bonds is 7. The van der Waals surface area contributed by atoms with E-state index < -0.39 is 10.9 Å². The van der Waals surface area contributed by atoms with E-state index in [0.717, 1.165) is 13.1 Å². The lowest BCUT2D eigenvalue weighted by atomic mass is 10.3. The van der Waals surface area contributed by atoms with Gasteiger partial charge in [-0.05, 0) is 12.1 Å². The van der Waals surface area contributed by atoms with Gasteiger partial charge in [0.25, 0.3) is 5.69 Å². The summed E-state index contributed by atoms with van der Waals surface area (Å²) in [5.74, 6) is -0.0812. The molecule has 0 radical (unpaired) electrons. The SMILES string of the molecule is O=C(COc1ccc([N+](=O)[O-])cc1)OCCN1CCOCC1. The number of ether oxygens (including phenoxy) is 3. The maximum absolute atomic E-state index is 11.5. The molecule has 8 nitrogen and oxygen atoms in total. The van der Waals surface area contributed by atoms with Crippen molar-refractivity contribution in [2.24, 2.45) is 0 Å². The van der Waals surface area contributed by atoms with E-state index in [1.807, 2.05) is 0 Å². The molecule has 1 aliphatic heterocycles. The van der Waals surface area contributed by atoms with Gasteiger partial charge in [-0.25, -0.2) is 4.79 Å². The summed E-state index contributed by atoms with van der Waals surface area (Å²) in [6, 6.07) is 5.52. The van der Waals surface area contributed by atoms with Crippen LogP contribution in [-0.2, 0) is 14.3 Å². The molecule has 1 aromatic carbocycles. The third-order valence-electron chi connectivity index (χ3n) is 3.18. The van der Waals surface area contributed by atoms with Crippen molar-refractivity contribution in [3.05, 3.63) is 34.4 Å². The number of nitro groups is 1. The van der Waals surface area contributed by atoms with Crippen molar-refractivity contribution >= 4 is 11.7 Å². The number of carbonyl (C=O) groups is 1. The van der Waals surface area contributed by atoms with Gasteiger partial charge in [-0.15, -0.1) is 0 Å². The van der Waals surface area contributed by atoms with Crippen molar-refractivity contribution in [3.63, 3.8) is 0 Å². The third-order valence-corrected chi connectivity index (χ3v) is 3.18. The Morgan fingerprint density at radius 1 is 1.27 bits per heavy atom. The smallest absolute Gasteiger partial charge is 0.344 e. The number of nitrogens with zero attached hydrogens (tertiary/aromatic N) is 2. The summed E-state index contributed by atoms with van der Waals surface area (Å²) >= 11 is 0. The monoisotopic (exact) mass is 310 g/mol. The fourth-order valence-electron chi connectivity index (χ4n) is 1.96. The fraction of sp³-hybridized carbons (Fsp3) is 0.500. The highest BCUT2D eigenvalue weighted by molar-refractivity contribution is 5.71. The molecule has 1 aromatic rings. The number of benzene rings is 1. The fourth-order valence-corrected chi connectivity index (χ4v) is 1.96. The highest BCUT2D eigenvalue weighted by Crippen LogP contribution is 2.17. The number of morpholine rings is 1. The average molecular weight is 310 g/mol. The Morgan fingerprint density at radius 3 is 2.59 bits per heavy atom. The minimum absolute atomic E-state index is 0.0274. The zero-order valence-corrected chi connectivity index (χ0v) is 12.1. The summed E-state index contributed by atoms with van der Waals surface area (Å²) in [5.41, 5.74) is -0.0274. The Morgan fingerprint density at radius 2 is 1.95 bits per heavy atom. The average Bonchev–Trinajstić information content (AvgIpc) is 2.54. The number of esters is 1. The van der Waals surface area contributed by atoms with Gasteiger partial charge in [0.15, 0.2) is 6.61 Å². The van der Waals surface area contributed by atoms with Crippen LogP contribution in [-0.4, -0.2) is 61.9 Å². The van der Waals surface area contributed by atoms with Crippen LogP contribution in [0, 0.1) is 10.1 Å². The predicted octanol–water partition coefficient (Wildman–Crippen LogP) is 0.849. The van der Waals surface area contributed by atoms with E-state index in [2.05, 4.69) is 4.90 Å². The molecule has 0 aromatic heterocycles. The first-order chi connectivity index (χ1) is 10.6. The van der Waals surface area contributed by atoms with Crippen LogP contribution in [0.15, 0.2) is 24.3 Å². The molecule has 0 unspecified atom stereocenters. The van der Waals surface area contributed by atoms with Crippen LogP contribution in [0.5, 0.6) is 5.75 Å². The molecule has 0 amide bonds. The zero-order valence-electron chi connectivity index (χ0n) is 12.1. The van der Waals surface area contributed by atoms with Crippen molar-refractivity contribution in [2.75, 3.05) is 46.1 Å². The first-order valence-electron chi connectivity index (χ1n) is 6.98. The number of carbonyl (C=O) groups excluding carboxylic acids is 1. The number of hydrogen-bond acceptors (Lipinski definition) is 7. The van der Waals surface area contributed by atoms with Gasteiger partial charge in [0.2, 0.25) is 0 Å². The molecule has 0 saturated carbocycles. The van der Waals surface area contributed by atoms with Gasteiger partial charge in [-0.1, -0.05) is 0 Å². The van der Waals surface area contributed by atoms with Crippen molar-refractivity contribution in [1.82, 2.24) is 4.90 Å². The minimum atomic E-state index is -0.496. The maximum Gasteiger partial charge on any atom is 0.344 e. The van der Waals surface area contributed by atoms with Gasteiger partial charge < -0.3 is 14.2 Å². The summed E-state index contributed by atoms with van der Waals surface area (Å²) in [6.07, 6.45) is 0. The van der Waals surface area contributed by atoms with E-state index in [1.54, 1.807) is 0 Å². The van der Waals surface area contributed by atoms with Crippen molar-refractivity contribution in [3.8, 4) is 5.75 Å². The van der Waals surface area contributed by atoms with Crippen molar-refractivity contribution in [2.45, 2.75) is 0 Å². The van der Waals surface area contributed by atoms with E-state index in [9.17, 15) is 14.9 Å². The van der Waals surface area contributed by atoms with Gasteiger partial charge in [0, 0.05) is 31.8 Å².